The van der Waals surface area contributed by atoms with Crippen LogP contribution in [0.15, 0.2) is 12.1 Å². The van der Waals surface area contributed by atoms with E-state index in [0.717, 1.165) is 11.1 Å². The van der Waals surface area contributed by atoms with Gasteiger partial charge in [-0.3, -0.25) is 4.79 Å². The molecule has 0 atom stereocenters. The van der Waals surface area contributed by atoms with Crippen LogP contribution in [0.4, 0.5) is 0 Å². The Morgan fingerprint density at radius 1 is 1.38 bits per heavy atom. The molecule has 0 unspecified atom stereocenters. The van der Waals surface area contributed by atoms with Crippen molar-refractivity contribution in [1.29, 1.82) is 0 Å². The van der Waals surface area contributed by atoms with Crippen LogP contribution in [-0.4, -0.2) is 12.3 Å². The van der Waals surface area contributed by atoms with Gasteiger partial charge in [0.25, 0.3) is 0 Å². The van der Waals surface area contributed by atoms with Gasteiger partial charge in [0.05, 0.1) is 6.54 Å². The molecule has 2 nitrogen and oxygen atoms in total. The smallest absolute Gasteiger partial charge is 0.176 e. The Labute approximate surface area is 82.7 Å². The highest BCUT2D eigenvalue weighted by atomic mass is 35.5. The zero-order valence-electron chi connectivity index (χ0n) is 7.73. The fraction of sp³-hybridized carbons (Fsp3) is 0.300. The van der Waals surface area contributed by atoms with Crippen molar-refractivity contribution in [2.75, 3.05) is 6.54 Å². The molecule has 70 valence electrons. The summed E-state index contributed by atoms with van der Waals surface area (Å²) in [5.74, 6) is -0.0700. The van der Waals surface area contributed by atoms with Gasteiger partial charge in [0.15, 0.2) is 5.78 Å². The molecule has 0 bridgehead atoms. The van der Waals surface area contributed by atoms with Crippen LogP contribution in [0.25, 0.3) is 0 Å². The van der Waals surface area contributed by atoms with Gasteiger partial charge in [-0.15, -0.1) is 0 Å². The van der Waals surface area contributed by atoms with E-state index in [1.807, 2.05) is 19.9 Å². The quantitative estimate of drug-likeness (QED) is 0.738. The van der Waals surface area contributed by atoms with Crippen molar-refractivity contribution < 1.29 is 4.79 Å². The Morgan fingerprint density at radius 2 is 2.00 bits per heavy atom. The molecule has 0 amide bonds. The van der Waals surface area contributed by atoms with Crippen molar-refractivity contribution in [1.82, 2.24) is 0 Å². The molecule has 13 heavy (non-hydrogen) atoms. The van der Waals surface area contributed by atoms with Gasteiger partial charge >= 0.3 is 0 Å². The maximum atomic E-state index is 11.3. The number of halogens is 1. The summed E-state index contributed by atoms with van der Waals surface area (Å²) in [6, 6.07) is 3.58. The van der Waals surface area contributed by atoms with Crippen LogP contribution in [0.3, 0.4) is 0 Å². The van der Waals surface area contributed by atoms with Crippen LogP contribution in [0.5, 0.6) is 0 Å². The highest BCUT2D eigenvalue weighted by molar-refractivity contribution is 6.31. The number of aryl methyl sites for hydroxylation is 2. The Kier molecular flexibility index (Phi) is 3.07. The molecule has 0 heterocycles. The molecule has 0 saturated carbocycles. The van der Waals surface area contributed by atoms with Gasteiger partial charge in [0.2, 0.25) is 0 Å². The molecule has 1 aromatic carbocycles. The van der Waals surface area contributed by atoms with E-state index in [1.54, 1.807) is 6.07 Å². The van der Waals surface area contributed by atoms with E-state index in [2.05, 4.69) is 0 Å². The number of carbonyl (C=O) groups excluding carboxylic acids is 1. The highest BCUT2D eigenvalue weighted by Crippen LogP contribution is 2.20. The predicted molar refractivity (Wildman–Crippen MR) is 54.3 cm³/mol. The lowest BCUT2D eigenvalue weighted by Gasteiger charge is -2.06. The molecule has 0 radical (unpaired) electrons. The SMILES string of the molecule is Cc1cc(C)c(C(=O)CN)cc1Cl. The molecular weight excluding hydrogens is 186 g/mol. The van der Waals surface area contributed by atoms with Crippen LogP contribution in [-0.2, 0) is 0 Å². The fourth-order valence-electron chi connectivity index (χ4n) is 1.24. The minimum Gasteiger partial charge on any atom is -0.324 e. The van der Waals surface area contributed by atoms with Gasteiger partial charge in [-0.05, 0) is 31.0 Å². The van der Waals surface area contributed by atoms with E-state index in [0.29, 0.717) is 10.6 Å². The van der Waals surface area contributed by atoms with Crippen LogP contribution < -0.4 is 5.73 Å². The summed E-state index contributed by atoms with van der Waals surface area (Å²) < 4.78 is 0. The summed E-state index contributed by atoms with van der Waals surface area (Å²) in [7, 11) is 0. The summed E-state index contributed by atoms with van der Waals surface area (Å²) in [4.78, 5) is 11.3. The van der Waals surface area contributed by atoms with Gasteiger partial charge in [0.1, 0.15) is 0 Å². The summed E-state index contributed by atoms with van der Waals surface area (Å²) in [6.45, 7) is 3.82. The number of nitrogens with two attached hydrogens (primary N) is 1. The number of benzene rings is 1. The predicted octanol–water partition coefficient (Wildman–Crippen LogP) is 2.10. The average Bonchev–Trinajstić information content (AvgIpc) is 2.10. The van der Waals surface area contributed by atoms with E-state index in [1.165, 1.54) is 0 Å². The van der Waals surface area contributed by atoms with Gasteiger partial charge in [-0.25, -0.2) is 0 Å². The van der Waals surface area contributed by atoms with Crippen molar-refractivity contribution >= 4 is 17.4 Å². The molecule has 0 aromatic heterocycles. The van der Waals surface area contributed by atoms with Crippen molar-refractivity contribution in [3.63, 3.8) is 0 Å². The number of Topliss-reactive ketones (excluding diaryl/α,β-unsaturated/α-hetero) is 1. The fourth-order valence-corrected chi connectivity index (χ4v) is 1.40. The number of carbonyl (C=O) groups is 1. The molecule has 0 fully saturated rings. The monoisotopic (exact) mass is 197 g/mol. The molecule has 1 rings (SSSR count). The second-order valence-electron chi connectivity index (χ2n) is 3.04. The minimum absolute atomic E-state index is 0.0280. The molecule has 0 spiro atoms. The van der Waals surface area contributed by atoms with E-state index in [-0.39, 0.29) is 12.3 Å². The summed E-state index contributed by atoms with van der Waals surface area (Å²) in [6.07, 6.45) is 0. The normalized spacial score (nSPS) is 10.2. The molecule has 2 N–H and O–H groups in total. The second-order valence-corrected chi connectivity index (χ2v) is 3.45. The number of hydrogen-bond donors (Lipinski definition) is 1. The maximum Gasteiger partial charge on any atom is 0.176 e. The Balaban J connectivity index is 3.23. The third kappa shape index (κ3) is 2.08. The third-order valence-corrected chi connectivity index (χ3v) is 2.40. The van der Waals surface area contributed by atoms with Gasteiger partial charge in [0, 0.05) is 10.6 Å². The van der Waals surface area contributed by atoms with Crippen molar-refractivity contribution in [3.05, 3.63) is 33.8 Å². The van der Waals surface area contributed by atoms with Crippen LogP contribution in [0.1, 0.15) is 21.5 Å². The minimum atomic E-state index is -0.0700. The summed E-state index contributed by atoms with van der Waals surface area (Å²) >= 11 is 5.89. The molecule has 0 saturated heterocycles. The van der Waals surface area contributed by atoms with Gasteiger partial charge in [-0.1, -0.05) is 17.7 Å². The Hall–Kier alpha value is -0.860. The van der Waals surface area contributed by atoms with Crippen LogP contribution >= 0.6 is 11.6 Å². The van der Waals surface area contributed by atoms with E-state index in [4.69, 9.17) is 17.3 Å². The topological polar surface area (TPSA) is 43.1 Å². The Bertz CT molecular complexity index is 347. The molecule has 1 aromatic rings. The molecule has 0 aliphatic carbocycles. The lowest BCUT2D eigenvalue weighted by Crippen LogP contribution is -2.14. The van der Waals surface area contributed by atoms with Crippen molar-refractivity contribution in [2.45, 2.75) is 13.8 Å². The zero-order chi connectivity index (χ0) is 10.0. The number of ketones is 1. The van der Waals surface area contributed by atoms with E-state index in [9.17, 15) is 4.79 Å². The average molecular weight is 198 g/mol. The van der Waals surface area contributed by atoms with E-state index >= 15 is 0 Å². The largest absolute Gasteiger partial charge is 0.324 e. The first-order valence-electron chi connectivity index (χ1n) is 4.06. The summed E-state index contributed by atoms with van der Waals surface area (Å²) in [5, 5.41) is 0.613. The molecule has 0 aliphatic heterocycles. The van der Waals surface area contributed by atoms with Gasteiger partial charge < -0.3 is 5.73 Å². The molecular formula is C10H12ClNO. The van der Waals surface area contributed by atoms with Crippen molar-refractivity contribution in [3.8, 4) is 0 Å². The van der Waals surface area contributed by atoms with E-state index < -0.39 is 0 Å². The zero-order valence-corrected chi connectivity index (χ0v) is 8.48. The first-order valence-corrected chi connectivity index (χ1v) is 4.44. The number of rotatable bonds is 2. The molecule has 3 heteroatoms. The maximum absolute atomic E-state index is 11.3. The second kappa shape index (κ2) is 3.90. The van der Waals surface area contributed by atoms with Crippen LogP contribution in [0.2, 0.25) is 5.02 Å². The third-order valence-electron chi connectivity index (χ3n) is 1.99. The van der Waals surface area contributed by atoms with Gasteiger partial charge in [-0.2, -0.15) is 0 Å². The lowest BCUT2D eigenvalue weighted by molar-refractivity contribution is 0.100. The summed E-state index contributed by atoms with van der Waals surface area (Å²) in [5.41, 5.74) is 7.80. The Morgan fingerprint density at radius 3 is 2.54 bits per heavy atom. The standard InChI is InChI=1S/C10H12ClNO/c1-6-3-7(2)9(11)4-8(6)10(13)5-12/h3-4H,5,12H2,1-2H3. The number of hydrogen-bond acceptors (Lipinski definition) is 2. The van der Waals surface area contributed by atoms with Crippen LogP contribution in [0, 0.1) is 13.8 Å². The first-order chi connectivity index (χ1) is 6.06. The van der Waals surface area contributed by atoms with Crippen molar-refractivity contribution in [2.24, 2.45) is 5.73 Å². The first kappa shape index (κ1) is 10.2. The molecule has 0 aliphatic rings. The highest BCUT2D eigenvalue weighted by Gasteiger charge is 2.08. The lowest BCUT2D eigenvalue weighted by atomic mass is 10.0.